The average Bonchev–Trinajstić information content (AvgIpc) is 3.37. The fourth-order valence-corrected chi connectivity index (χ4v) is 3.90. The first kappa shape index (κ1) is 17.1. The van der Waals surface area contributed by atoms with E-state index in [1.54, 1.807) is 6.20 Å². The van der Waals surface area contributed by atoms with Gasteiger partial charge in [0.15, 0.2) is 0 Å². The monoisotopic (exact) mass is 372 g/mol. The summed E-state index contributed by atoms with van der Waals surface area (Å²) in [5.41, 5.74) is 2.15. The third-order valence-corrected chi connectivity index (χ3v) is 5.81. The minimum atomic E-state index is -3.49. The maximum absolute atomic E-state index is 13.0. The molecule has 1 amide bonds. The van der Waals surface area contributed by atoms with Crippen LogP contribution in [0.4, 0.5) is 0 Å². The van der Waals surface area contributed by atoms with Gasteiger partial charge >= 0.3 is 0 Å². The molecule has 1 aliphatic carbocycles. The molecule has 1 unspecified atom stereocenters. The summed E-state index contributed by atoms with van der Waals surface area (Å²) in [6.07, 6.45) is 8.80. The Morgan fingerprint density at radius 3 is 2.65 bits per heavy atom. The molecule has 0 N–H and O–H groups in total. The van der Waals surface area contributed by atoms with Gasteiger partial charge in [0.25, 0.3) is 5.91 Å². The van der Waals surface area contributed by atoms with Crippen molar-refractivity contribution < 1.29 is 13.2 Å². The van der Waals surface area contributed by atoms with E-state index < -0.39 is 9.84 Å². The summed E-state index contributed by atoms with van der Waals surface area (Å²) in [5, 5.41) is -0.203. The first-order valence-electron chi connectivity index (χ1n) is 8.69. The zero-order valence-electron chi connectivity index (χ0n) is 14.5. The Morgan fingerprint density at radius 1 is 1.19 bits per heavy atom. The number of hydrogen-bond acceptors (Lipinski definition) is 6. The van der Waals surface area contributed by atoms with Crippen molar-refractivity contribution in [3.05, 3.63) is 47.5 Å². The minimum absolute atomic E-state index is 0.113. The summed E-state index contributed by atoms with van der Waals surface area (Å²) in [5.74, 6) is 0.320. The van der Waals surface area contributed by atoms with Crippen molar-refractivity contribution in [3.8, 4) is 0 Å². The van der Waals surface area contributed by atoms with Gasteiger partial charge in [-0.3, -0.25) is 9.78 Å². The molecule has 26 heavy (non-hydrogen) atoms. The Labute approximate surface area is 152 Å². The number of pyridine rings is 1. The lowest BCUT2D eigenvalue weighted by molar-refractivity contribution is 0.0788. The topological polar surface area (TPSA) is 93.1 Å². The quantitative estimate of drug-likeness (QED) is 0.760. The predicted octanol–water partition coefficient (Wildman–Crippen LogP) is 1.78. The number of rotatable bonds is 4. The Hall–Kier alpha value is -2.35. The van der Waals surface area contributed by atoms with Crippen LogP contribution in [0.2, 0.25) is 0 Å². The van der Waals surface area contributed by atoms with Gasteiger partial charge in [0.05, 0.1) is 11.3 Å². The van der Waals surface area contributed by atoms with E-state index in [9.17, 15) is 13.2 Å². The molecule has 1 saturated carbocycles. The van der Waals surface area contributed by atoms with Crippen LogP contribution >= 0.6 is 0 Å². The van der Waals surface area contributed by atoms with Gasteiger partial charge in [-0.1, -0.05) is 6.07 Å². The van der Waals surface area contributed by atoms with Gasteiger partial charge in [0, 0.05) is 49.8 Å². The lowest BCUT2D eigenvalue weighted by Gasteiger charge is -2.18. The van der Waals surface area contributed by atoms with E-state index >= 15 is 0 Å². The summed E-state index contributed by atoms with van der Waals surface area (Å²) in [6.45, 7) is 1.29. The lowest BCUT2D eigenvalue weighted by atomic mass is 10.0. The molecule has 2 aromatic heterocycles. The summed E-state index contributed by atoms with van der Waals surface area (Å²) < 4.78 is 23.5. The molecule has 4 rings (SSSR count). The number of carbonyl (C=O) groups excluding carboxylic acids is 1. The van der Waals surface area contributed by atoms with Crippen molar-refractivity contribution >= 4 is 15.7 Å². The molecule has 7 nitrogen and oxygen atoms in total. The van der Waals surface area contributed by atoms with E-state index in [1.807, 2.05) is 23.2 Å². The second-order valence-corrected chi connectivity index (χ2v) is 8.93. The molecule has 2 fully saturated rings. The van der Waals surface area contributed by atoms with E-state index in [0.29, 0.717) is 24.3 Å². The number of carbonyl (C=O) groups is 1. The molecule has 3 heterocycles. The van der Waals surface area contributed by atoms with Crippen molar-refractivity contribution in [1.82, 2.24) is 19.9 Å². The molecule has 0 radical (unpaired) electrons. The van der Waals surface area contributed by atoms with Crippen molar-refractivity contribution in [2.24, 2.45) is 0 Å². The van der Waals surface area contributed by atoms with Crippen molar-refractivity contribution in [2.45, 2.75) is 36.3 Å². The largest absolute Gasteiger partial charge is 0.338 e. The maximum Gasteiger partial charge on any atom is 0.257 e. The van der Waals surface area contributed by atoms with Crippen LogP contribution < -0.4 is 0 Å². The van der Waals surface area contributed by atoms with E-state index in [-0.39, 0.29) is 22.9 Å². The predicted molar refractivity (Wildman–Crippen MR) is 94.6 cm³/mol. The second kappa shape index (κ2) is 6.42. The Balaban J connectivity index is 1.59. The fraction of sp³-hybridized carbons (Fsp3) is 0.444. The van der Waals surface area contributed by atoms with Gasteiger partial charge in [0.2, 0.25) is 15.0 Å². The Kier molecular flexibility index (Phi) is 4.22. The van der Waals surface area contributed by atoms with E-state index in [0.717, 1.165) is 31.1 Å². The smallest absolute Gasteiger partial charge is 0.257 e. The molecule has 0 aromatic carbocycles. The highest BCUT2D eigenvalue weighted by Gasteiger charge is 2.35. The molecule has 0 bridgehead atoms. The molecular formula is C18H20N4O3S. The number of hydrogen-bond donors (Lipinski definition) is 0. The van der Waals surface area contributed by atoms with Crippen LogP contribution in [0.15, 0.2) is 35.9 Å². The zero-order valence-corrected chi connectivity index (χ0v) is 15.3. The van der Waals surface area contributed by atoms with Crippen LogP contribution in [0.25, 0.3) is 0 Å². The van der Waals surface area contributed by atoms with Gasteiger partial charge < -0.3 is 4.90 Å². The van der Waals surface area contributed by atoms with E-state index in [1.165, 1.54) is 6.20 Å². The first-order chi connectivity index (χ1) is 12.4. The van der Waals surface area contributed by atoms with Crippen LogP contribution in [0.1, 0.15) is 52.7 Å². The average molecular weight is 372 g/mol. The van der Waals surface area contributed by atoms with Crippen molar-refractivity contribution in [1.29, 1.82) is 0 Å². The Bertz CT molecular complexity index is 942. The molecule has 0 spiro atoms. The third kappa shape index (κ3) is 3.33. The first-order valence-corrected chi connectivity index (χ1v) is 10.6. The Morgan fingerprint density at radius 2 is 2.00 bits per heavy atom. The number of nitrogens with zero attached hydrogens (tertiary/aromatic N) is 4. The van der Waals surface area contributed by atoms with Gasteiger partial charge in [-0.2, -0.15) is 0 Å². The number of likely N-dealkylation sites (tertiary alicyclic amines) is 1. The van der Waals surface area contributed by atoms with Crippen LogP contribution in [-0.2, 0) is 9.84 Å². The molecular weight excluding hydrogens is 352 g/mol. The third-order valence-electron chi connectivity index (χ3n) is 4.95. The zero-order chi connectivity index (χ0) is 18.3. The molecule has 8 heteroatoms. The van der Waals surface area contributed by atoms with Crippen molar-refractivity contribution in [3.63, 3.8) is 0 Å². The second-order valence-electron chi connectivity index (χ2n) is 7.02. The van der Waals surface area contributed by atoms with Crippen LogP contribution in [0.3, 0.4) is 0 Å². The molecule has 136 valence electrons. The van der Waals surface area contributed by atoms with E-state index in [4.69, 9.17) is 0 Å². The van der Waals surface area contributed by atoms with Crippen molar-refractivity contribution in [2.75, 3.05) is 19.3 Å². The summed E-state index contributed by atoms with van der Waals surface area (Å²) in [7, 11) is -3.49. The van der Waals surface area contributed by atoms with Gasteiger partial charge in [0.1, 0.15) is 0 Å². The number of sulfone groups is 1. The highest BCUT2D eigenvalue weighted by molar-refractivity contribution is 7.90. The van der Waals surface area contributed by atoms with Crippen LogP contribution in [0, 0.1) is 0 Å². The van der Waals surface area contributed by atoms with Gasteiger partial charge in [-0.05, 0) is 30.9 Å². The lowest BCUT2D eigenvalue weighted by Crippen LogP contribution is -2.30. The van der Waals surface area contributed by atoms with Crippen LogP contribution in [0.5, 0.6) is 0 Å². The van der Waals surface area contributed by atoms with Crippen LogP contribution in [-0.4, -0.2) is 53.5 Å². The molecule has 1 aliphatic heterocycles. The molecule has 2 aliphatic rings. The number of aromatic nitrogens is 3. The van der Waals surface area contributed by atoms with Gasteiger partial charge in [-0.25, -0.2) is 18.4 Å². The fourth-order valence-electron chi connectivity index (χ4n) is 3.39. The normalized spacial score (nSPS) is 20.3. The van der Waals surface area contributed by atoms with Gasteiger partial charge in [-0.15, -0.1) is 0 Å². The standard InChI is InChI=1S/C18H20N4O3S/c1-26(24,25)18-20-10-15(16(21-18)12-4-5-12)17(23)22-8-6-14(11-22)13-3-2-7-19-9-13/h2-3,7,9-10,12,14H,4-6,8,11H2,1H3. The van der Waals surface area contributed by atoms with E-state index in [2.05, 4.69) is 15.0 Å². The minimum Gasteiger partial charge on any atom is -0.338 e. The summed E-state index contributed by atoms with van der Waals surface area (Å²) in [6, 6.07) is 3.94. The summed E-state index contributed by atoms with van der Waals surface area (Å²) >= 11 is 0. The SMILES string of the molecule is CS(=O)(=O)c1ncc(C(=O)N2CCC(c3cccnc3)C2)c(C2CC2)n1. The highest BCUT2D eigenvalue weighted by atomic mass is 32.2. The molecule has 1 saturated heterocycles. The maximum atomic E-state index is 13.0. The highest BCUT2D eigenvalue weighted by Crippen LogP contribution is 2.41. The number of amides is 1. The summed E-state index contributed by atoms with van der Waals surface area (Å²) in [4.78, 5) is 27.1. The molecule has 2 aromatic rings. The molecule has 1 atom stereocenters.